The van der Waals surface area contributed by atoms with Crippen molar-refractivity contribution in [3.63, 3.8) is 0 Å². The molecule has 0 heterocycles. The SMILES string of the molecule is COC(C)(CNC(=O)CSc1ccc(F)cc1)c1ccccc1F. The number of carbonyl (C=O) groups is 1. The molecule has 1 amide bonds. The van der Waals surface area contributed by atoms with Gasteiger partial charge in [0, 0.05) is 17.6 Å². The lowest BCUT2D eigenvalue weighted by Gasteiger charge is -2.29. The van der Waals surface area contributed by atoms with E-state index in [0.717, 1.165) is 4.90 Å². The molecule has 0 radical (unpaired) electrons. The molecule has 128 valence electrons. The van der Waals surface area contributed by atoms with E-state index in [1.54, 1.807) is 37.3 Å². The maximum atomic E-state index is 14.0. The Kier molecular flexibility index (Phi) is 6.34. The summed E-state index contributed by atoms with van der Waals surface area (Å²) in [7, 11) is 1.48. The molecular formula is C18H19F2NO2S. The average molecular weight is 351 g/mol. The molecule has 0 fully saturated rings. The summed E-state index contributed by atoms with van der Waals surface area (Å²) < 4.78 is 32.2. The largest absolute Gasteiger partial charge is 0.372 e. The van der Waals surface area contributed by atoms with Gasteiger partial charge in [0.2, 0.25) is 5.91 Å². The van der Waals surface area contributed by atoms with Crippen LogP contribution >= 0.6 is 11.8 Å². The molecule has 2 aromatic carbocycles. The monoisotopic (exact) mass is 351 g/mol. The number of hydrogen-bond donors (Lipinski definition) is 1. The van der Waals surface area contributed by atoms with Gasteiger partial charge in [0.05, 0.1) is 12.3 Å². The number of methoxy groups -OCH3 is 1. The summed E-state index contributed by atoms with van der Waals surface area (Å²) in [5.41, 5.74) is -0.569. The van der Waals surface area contributed by atoms with Gasteiger partial charge in [0.15, 0.2) is 0 Å². The van der Waals surface area contributed by atoms with Gasteiger partial charge in [-0.05, 0) is 37.3 Å². The Morgan fingerprint density at radius 3 is 2.46 bits per heavy atom. The lowest BCUT2D eigenvalue weighted by Crippen LogP contribution is -2.41. The zero-order valence-corrected chi connectivity index (χ0v) is 14.3. The van der Waals surface area contributed by atoms with Crippen LogP contribution in [0.1, 0.15) is 12.5 Å². The summed E-state index contributed by atoms with van der Waals surface area (Å²) in [5, 5.41) is 2.76. The highest BCUT2D eigenvalue weighted by Gasteiger charge is 2.29. The van der Waals surface area contributed by atoms with Gasteiger partial charge in [-0.1, -0.05) is 18.2 Å². The number of benzene rings is 2. The van der Waals surface area contributed by atoms with Crippen LogP contribution in [-0.4, -0.2) is 25.3 Å². The fourth-order valence-corrected chi connectivity index (χ4v) is 2.89. The summed E-state index contributed by atoms with van der Waals surface area (Å²) in [6.07, 6.45) is 0. The first kappa shape index (κ1) is 18.4. The molecule has 1 atom stereocenters. The van der Waals surface area contributed by atoms with E-state index in [0.29, 0.717) is 5.56 Å². The third-order valence-corrected chi connectivity index (χ3v) is 4.71. The van der Waals surface area contributed by atoms with Gasteiger partial charge in [-0.15, -0.1) is 11.8 Å². The molecule has 3 nitrogen and oxygen atoms in total. The van der Waals surface area contributed by atoms with Gasteiger partial charge in [-0.25, -0.2) is 8.78 Å². The zero-order valence-electron chi connectivity index (χ0n) is 13.5. The van der Waals surface area contributed by atoms with Crippen LogP contribution in [0.4, 0.5) is 8.78 Å². The highest BCUT2D eigenvalue weighted by Crippen LogP contribution is 2.26. The van der Waals surface area contributed by atoms with Crippen molar-refractivity contribution in [3.8, 4) is 0 Å². The second kappa shape index (κ2) is 8.26. The second-order valence-corrected chi connectivity index (χ2v) is 6.48. The molecule has 0 spiro atoms. The van der Waals surface area contributed by atoms with Crippen molar-refractivity contribution in [2.75, 3.05) is 19.4 Å². The first-order chi connectivity index (χ1) is 11.4. The normalized spacial score (nSPS) is 13.3. The Bertz CT molecular complexity index is 694. The molecule has 6 heteroatoms. The van der Waals surface area contributed by atoms with Crippen molar-refractivity contribution in [3.05, 3.63) is 65.7 Å². The molecule has 0 aromatic heterocycles. The van der Waals surface area contributed by atoms with Crippen LogP contribution < -0.4 is 5.32 Å². The van der Waals surface area contributed by atoms with Crippen LogP contribution in [0.3, 0.4) is 0 Å². The Hall–Kier alpha value is -1.92. The van der Waals surface area contributed by atoms with Crippen molar-refractivity contribution in [1.82, 2.24) is 5.32 Å². The predicted octanol–water partition coefficient (Wildman–Crippen LogP) is 3.73. The van der Waals surface area contributed by atoms with E-state index >= 15 is 0 Å². The number of halogens is 2. The van der Waals surface area contributed by atoms with E-state index in [1.807, 2.05) is 0 Å². The number of carbonyl (C=O) groups excluding carboxylic acids is 1. The topological polar surface area (TPSA) is 38.3 Å². The first-order valence-corrected chi connectivity index (χ1v) is 8.38. The van der Waals surface area contributed by atoms with Crippen molar-refractivity contribution < 1.29 is 18.3 Å². The Labute approximate surface area is 144 Å². The minimum atomic E-state index is -0.957. The smallest absolute Gasteiger partial charge is 0.230 e. The van der Waals surface area contributed by atoms with Crippen molar-refractivity contribution in [1.29, 1.82) is 0 Å². The number of thioether (sulfide) groups is 1. The first-order valence-electron chi connectivity index (χ1n) is 7.40. The predicted molar refractivity (Wildman–Crippen MR) is 90.9 cm³/mol. The quantitative estimate of drug-likeness (QED) is 0.773. The van der Waals surface area contributed by atoms with Crippen LogP contribution in [0, 0.1) is 11.6 Å². The Morgan fingerprint density at radius 2 is 1.83 bits per heavy atom. The molecule has 0 bridgehead atoms. The summed E-state index contributed by atoms with van der Waals surface area (Å²) in [6, 6.07) is 12.3. The van der Waals surface area contributed by atoms with Crippen LogP contribution in [0.5, 0.6) is 0 Å². The minimum absolute atomic E-state index is 0.146. The number of nitrogens with one attached hydrogen (secondary N) is 1. The van der Waals surface area contributed by atoms with E-state index in [-0.39, 0.29) is 29.8 Å². The summed E-state index contributed by atoms with van der Waals surface area (Å²) in [5.74, 6) is -0.715. The summed E-state index contributed by atoms with van der Waals surface area (Å²) in [6.45, 7) is 1.87. The lowest BCUT2D eigenvalue weighted by atomic mass is 9.95. The summed E-state index contributed by atoms with van der Waals surface area (Å²) >= 11 is 1.30. The highest BCUT2D eigenvalue weighted by atomic mass is 32.2. The van der Waals surface area contributed by atoms with E-state index in [2.05, 4.69) is 5.32 Å². The number of hydrogen-bond acceptors (Lipinski definition) is 3. The fraction of sp³-hybridized carbons (Fsp3) is 0.278. The molecule has 0 aliphatic carbocycles. The number of amides is 1. The standard InChI is InChI=1S/C18H19F2NO2S/c1-18(23-2,15-5-3-4-6-16(15)20)12-21-17(22)11-24-14-9-7-13(19)8-10-14/h3-10H,11-12H2,1-2H3,(H,21,22). The molecule has 24 heavy (non-hydrogen) atoms. The van der Waals surface area contributed by atoms with Crippen molar-refractivity contribution in [2.24, 2.45) is 0 Å². The zero-order chi connectivity index (χ0) is 17.6. The van der Waals surface area contributed by atoms with Gasteiger partial charge < -0.3 is 10.1 Å². The molecule has 2 aromatic rings. The fourth-order valence-electron chi connectivity index (χ4n) is 2.17. The molecule has 0 saturated heterocycles. The van der Waals surface area contributed by atoms with Gasteiger partial charge in [0.25, 0.3) is 0 Å². The number of rotatable bonds is 7. The van der Waals surface area contributed by atoms with E-state index in [1.165, 1.54) is 37.1 Å². The maximum Gasteiger partial charge on any atom is 0.230 e. The van der Waals surface area contributed by atoms with Crippen LogP contribution in [0.15, 0.2) is 53.4 Å². The van der Waals surface area contributed by atoms with Gasteiger partial charge in [-0.3, -0.25) is 4.79 Å². The van der Waals surface area contributed by atoms with Gasteiger partial charge in [0.1, 0.15) is 17.2 Å². The van der Waals surface area contributed by atoms with Crippen LogP contribution in [0.2, 0.25) is 0 Å². The number of ether oxygens (including phenoxy) is 1. The van der Waals surface area contributed by atoms with Crippen molar-refractivity contribution >= 4 is 17.7 Å². The molecule has 0 aliphatic heterocycles. The second-order valence-electron chi connectivity index (χ2n) is 5.43. The van der Waals surface area contributed by atoms with Gasteiger partial charge >= 0.3 is 0 Å². The minimum Gasteiger partial charge on any atom is -0.372 e. The van der Waals surface area contributed by atoms with Gasteiger partial charge in [-0.2, -0.15) is 0 Å². The third-order valence-electron chi connectivity index (χ3n) is 3.70. The molecule has 1 N–H and O–H groups in total. The molecule has 0 saturated carbocycles. The molecule has 0 aliphatic rings. The van der Waals surface area contributed by atoms with Crippen LogP contribution in [-0.2, 0) is 15.1 Å². The highest BCUT2D eigenvalue weighted by molar-refractivity contribution is 8.00. The van der Waals surface area contributed by atoms with E-state index < -0.39 is 5.60 Å². The molecule has 2 rings (SSSR count). The third kappa shape index (κ3) is 4.79. The summed E-state index contributed by atoms with van der Waals surface area (Å²) in [4.78, 5) is 12.8. The molecular weight excluding hydrogens is 332 g/mol. The van der Waals surface area contributed by atoms with E-state index in [4.69, 9.17) is 4.74 Å². The van der Waals surface area contributed by atoms with Crippen LogP contribution in [0.25, 0.3) is 0 Å². The maximum absolute atomic E-state index is 14.0. The van der Waals surface area contributed by atoms with E-state index in [9.17, 15) is 13.6 Å². The van der Waals surface area contributed by atoms with Crippen molar-refractivity contribution in [2.45, 2.75) is 17.4 Å². The Morgan fingerprint density at radius 1 is 1.17 bits per heavy atom. The Balaban J connectivity index is 1.91. The lowest BCUT2D eigenvalue weighted by molar-refractivity contribution is -0.120. The average Bonchev–Trinajstić information content (AvgIpc) is 2.59. The molecule has 1 unspecified atom stereocenters.